The van der Waals surface area contributed by atoms with Gasteiger partial charge in [-0.2, -0.15) is 0 Å². The summed E-state index contributed by atoms with van der Waals surface area (Å²) < 4.78 is 0. The Hall–Kier alpha value is -0.0800. The summed E-state index contributed by atoms with van der Waals surface area (Å²) in [5, 5.41) is 0. The minimum absolute atomic E-state index is 0.964. The predicted molar refractivity (Wildman–Crippen MR) is 70.0 cm³/mol. The summed E-state index contributed by atoms with van der Waals surface area (Å²) in [5.74, 6) is 2.09. The first kappa shape index (κ1) is 10.8. The SMILES string of the molecule is C1CCN2C[C@@H]3[C@H](C[C@@H]2C1)CN1CCCC[C@H]31. The molecule has 4 saturated heterocycles. The zero-order chi connectivity index (χ0) is 11.2. The van der Waals surface area contributed by atoms with Crippen LogP contribution in [-0.2, 0) is 0 Å². The molecular weight excluding hydrogens is 208 g/mol. The average molecular weight is 234 g/mol. The molecule has 0 radical (unpaired) electrons. The molecule has 2 heteroatoms. The van der Waals surface area contributed by atoms with Crippen molar-refractivity contribution in [2.45, 2.75) is 57.0 Å². The lowest BCUT2D eigenvalue weighted by atomic mass is 9.77. The molecule has 4 rings (SSSR count). The quantitative estimate of drug-likeness (QED) is 0.635. The van der Waals surface area contributed by atoms with Crippen LogP contribution in [0, 0.1) is 11.8 Å². The van der Waals surface area contributed by atoms with Gasteiger partial charge in [-0.05, 0) is 57.0 Å². The summed E-state index contributed by atoms with van der Waals surface area (Å²) in [6.45, 7) is 5.69. The van der Waals surface area contributed by atoms with Crippen molar-refractivity contribution in [1.29, 1.82) is 0 Å². The van der Waals surface area contributed by atoms with E-state index in [0.29, 0.717) is 0 Å². The van der Waals surface area contributed by atoms with Crippen LogP contribution >= 0.6 is 0 Å². The second kappa shape index (κ2) is 4.24. The van der Waals surface area contributed by atoms with E-state index in [1.165, 1.54) is 71.1 Å². The maximum atomic E-state index is 2.85. The van der Waals surface area contributed by atoms with Crippen LogP contribution in [0.1, 0.15) is 44.9 Å². The van der Waals surface area contributed by atoms with Crippen molar-refractivity contribution in [3.63, 3.8) is 0 Å². The molecule has 0 aromatic rings. The van der Waals surface area contributed by atoms with Crippen molar-refractivity contribution in [2.24, 2.45) is 11.8 Å². The molecule has 0 bridgehead atoms. The molecule has 0 amide bonds. The maximum absolute atomic E-state index is 2.85. The van der Waals surface area contributed by atoms with E-state index in [2.05, 4.69) is 9.80 Å². The van der Waals surface area contributed by atoms with Gasteiger partial charge < -0.3 is 4.90 Å². The van der Waals surface area contributed by atoms with Crippen LogP contribution in [-0.4, -0.2) is 48.1 Å². The van der Waals surface area contributed by atoms with Crippen LogP contribution in [0.2, 0.25) is 0 Å². The molecule has 4 atom stereocenters. The molecule has 0 unspecified atom stereocenters. The summed E-state index contributed by atoms with van der Waals surface area (Å²) in [7, 11) is 0. The Bertz CT molecular complexity index is 289. The van der Waals surface area contributed by atoms with E-state index in [0.717, 1.165) is 23.9 Å². The van der Waals surface area contributed by atoms with Gasteiger partial charge in [-0.25, -0.2) is 0 Å². The Morgan fingerprint density at radius 2 is 1.59 bits per heavy atom. The van der Waals surface area contributed by atoms with Gasteiger partial charge in [0.15, 0.2) is 0 Å². The Kier molecular flexibility index (Phi) is 2.69. The van der Waals surface area contributed by atoms with Crippen LogP contribution in [0.25, 0.3) is 0 Å². The Labute approximate surface area is 105 Å². The molecule has 4 aliphatic heterocycles. The minimum atomic E-state index is 0.964. The Morgan fingerprint density at radius 3 is 2.53 bits per heavy atom. The fourth-order valence-electron chi connectivity index (χ4n) is 5.19. The number of nitrogens with zero attached hydrogens (tertiary/aromatic N) is 2. The van der Waals surface area contributed by atoms with E-state index in [1.54, 1.807) is 0 Å². The van der Waals surface area contributed by atoms with Gasteiger partial charge in [0, 0.05) is 25.2 Å². The number of piperidine rings is 3. The number of fused-ring (bicyclic) bond motifs is 4. The first-order chi connectivity index (χ1) is 8.42. The maximum Gasteiger partial charge on any atom is 0.0139 e. The van der Waals surface area contributed by atoms with E-state index < -0.39 is 0 Å². The third-order valence-corrected chi connectivity index (χ3v) is 6.00. The highest BCUT2D eigenvalue weighted by Gasteiger charge is 2.47. The molecule has 4 aliphatic rings. The topological polar surface area (TPSA) is 6.48 Å². The Balaban J connectivity index is 1.52. The van der Waals surface area contributed by atoms with Crippen LogP contribution in [0.3, 0.4) is 0 Å². The molecule has 0 spiro atoms. The highest BCUT2D eigenvalue weighted by atomic mass is 15.2. The van der Waals surface area contributed by atoms with Gasteiger partial charge in [0.25, 0.3) is 0 Å². The van der Waals surface area contributed by atoms with Crippen LogP contribution in [0.5, 0.6) is 0 Å². The molecule has 4 fully saturated rings. The van der Waals surface area contributed by atoms with Gasteiger partial charge in [-0.15, -0.1) is 0 Å². The van der Waals surface area contributed by atoms with Crippen molar-refractivity contribution in [3.8, 4) is 0 Å². The highest BCUT2D eigenvalue weighted by Crippen LogP contribution is 2.43. The molecule has 2 nitrogen and oxygen atoms in total. The lowest BCUT2D eigenvalue weighted by molar-refractivity contribution is 0.0418. The lowest BCUT2D eigenvalue weighted by Gasteiger charge is -2.45. The van der Waals surface area contributed by atoms with Crippen molar-refractivity contribution in [1.82, 2.24) is 9.80 Å². The first-order valence-corrected chi connectivity index (χ1v) is 7.90. The van der Waals surface area contributed by atoms with Gasteiger partial charge in [-0.1, -0.05) is 12.8 Å². The second-order valence-corrected chi connectivity index (χ2v) is 6.86. The smallest absolute Gasteiger partial charge is 0.0139 e. The fraction of sp³-hybridized carbons (Fsp3) is 1.00. The van der Waals surface area contributed by atoms with Gasteiger partial charge in [0.05, 0.1) is 0 Å². The molecule has 0 saturated carbocycles. The van der Waals surface area contributed by atoms with Crippen molar-refractivity contribution >= 4 is 0 Å². The summed E-state index contributed by atoms with van der Waals surface area (Å²) in [5.41, 5.74) is 0. The van der Waals surface area contributed by atoms with E-state index in [1.807, 2.05) is 0 Å². The zero-order valence-electron chi connectivity index (χ0n) is 11.0. The lowest BCUT2D eigenvalue weighted by Crippen LogP contribution is -2.51. The van der Waals surface area contributed by atoms with Crippen molar-refractivity contribution < 1.29 is 0 Å². The van der Waals surface area contributed by atoms with E-state index in [4.69, 9.17) is 0 Å². The van der Waals surface area contributed by atoms with Gasteiger partial charge in [0.2, 0.25) is 0 Å². The monoisotopic (exact) mass is 234 g/mol. The minimum Gasteiger partial charge on any atom is -0.300 e. The summed E-state index contributed by atoms with van der Waals surface area (Å²) in [4.78, 5) is 5.69. The normalized spacial score (nSPS) is 47.3. The van der Waals surface area contributed by atoms with Gasteiger partial charge >= 0.3 is 0 Å². The van der Waals surface area contributed by atoms with E-state index in [-0.39, 0.29) is 0 Å². The van der Waals surface area contributed by atoms with Gasteiger partial charge in [0.1, 0.15) is 0 Å². The van der Waals surface area contributed by atoms with Crippen molar-refractivity contribution in [3.05, 3.63) is 0 Å². The van der Waals surface area contributed by atoms with E-state index >= 15 is 0 Å². The van der Waals surface area contributed by atoms with E-state index in [9.17, 15) is 0 Å². The zero-order valence-corrected chi connectivity index (χ0v) is 11.0. The standard InChI is InChI=1S/C15H26N2/c1-3-7-16-11-14-12(9-13(16)5-1)10-17-8-4-2-6-15(14)17/h12-15H,1-11H2/t12-,13+,14-,15-/m1/s1. The third kappa shape index (κ3) is 1.76. The summed E-state index contributed by atoms with van der Waals surface area (Å²) in [6.07, 6.45) is 10.4. The number of rotatable bonds is 0. The molecule has 0 aliphatic carbocycles. The molecular formula is C15H26N2. The van der Waals surface area contributed by atoms with Crippen LogP contribution in [0.15, 0.2) is 0 Å². The second-order valence-electron chi connectivity index (χ2n) is 6.86. The fourth-order valence-corrected chi connectivity index (χ4v) is 5.19. The summed E-state index contributed by atoms with van der Waals surface area (Å²) >= 11 is 0. The van der Waals surface area contributed by atoms with Crippen LogP contribution < -0.4 is 0 Å². The predicted octanol–water partition coefficient (Wildman–Crippen LogP) is 2.35. The van der Waals surface area contributed by atoms with Gasteiger partial charge in [-0.3, -0.25) is 4.90 Å². The molecule has 0 aromatic carbocycles. The molecule has 0 N–H and O–H groups in total. The highest BCUT2D eigenvalue weighted by molar-refractivity contribution is 5.01. The first-order valence-electron chi connectivity index (χ1n) is 7.90. The molecule has 17 heavy (non-hydrogen) atoms. The molecule has 96 valence electrons. The third-order valence-electron chi connectivity index (χ3n) is 6.00. The van der Waals surface area contributed by atoms with Crippen molar-refractivity contribution in [2.75, 3.05) is 26.2 Å². The number of hydrogen-bond donors (Lipinski definition) is 0. The average Bonchev–Trinajstić information content (AvgIpc) is 2.73. The van der Waals surface area contributed by atoms with Crippen LogP contribution in [0.4, 0.5) is 0 Å². The summed E-state index contributed by atoms with van der Waals surface area (Å²) in [6, 6.07) is 1.93. The Morgan fingerprint density at radius 1 is 0.765 bits per heavy atom. The number of hydrogen-bond acceptors (Lipinski definition) is 2. The molecule has 4 heterocycles. The largest absolute Gasteiger partial charge is 0.300 e. The molecule has 0 aromatic heterocycles.